The van der Waals surface area contributed by atoms with Gasteiger partial charge in [0.25, 0.3) is 0 Å². The first kappa shape index (κ1) is 15.5. The van der Waals surface area contributed by atoms with Gasteiger partial charge in [-0.3, -0.25) is 0 Å². The van der Waals surface area contributed by atoms with Crippen LogP contribution >= 0.6 is 0 Å². The third kappa shape index (κ3) is 4.32. The zero-order valence-electron chi connectivity index (χ0n) is 13.4. The van der Waals surface area contributed by atoms with Gasteiger partial charge in [0.2, 0.25) is 0 Å². The van der Waals surface area contributed by atoms with Gasteiger partial charge < -0.3 is 10.2 Å². The molecular formula is C18H30N2. The molecule has 1 N–H and O–H groups in total. The molecule has 0 aliphatic carbocycles. The number of nitrogens with one attached hydrogen (secondary N) is 1. The summed E-state index contributed by atoms with van der Waals surface area (Å²) in [6.07, 6.45) is 5.05. The second kappa shape index (κ2) is 7.80. The van der Waals surface area contributed by atoms with Gasteiger partial charge in [0.05, 0.1) is 0 Å². The van der Waals surface area contributed by atoms with E-state index in [1.807, 2.05) is 0 Å². The maximum absolute atomic E-state index is 3.79. The lowest BCUT2D eigenvalue weighted by Crippen LogP contribution is -2.33. The van der Waals surface area contributed by atoms with Crippen LogP contribution in [0.25, 0.3) is 0 Å². The van der Waals surface area contributed by atoms with E-state index < -0.39 is 0 Å². The Morgan fingerprint density at radius 2 is 1.90 bits per heavy atom. The number of rotatable bonds is 5. The molecule has 1 aliphatic heterocycles. The van der Waals surface area contributed by atoms with Crippen LogP contribution in [-0.2, 0) is 13.0 Å². The van der Waals surface area contributed by atoms with Crippen LogP contribution in [-0.4, -0.2) is 30.1 Å². The number of aryl methyl sites for hydroxylation is 1. The molecule has 0 spiro atoms. The van der Waals surface area contributed by atoms with Gasteiger partial charge in [-0.15, -0.1) is 0 Å². The molecule has 1 unspecified atom stereocenters. The van der Waals surface area contributed by atoms with Gasteiger partial charge in [-0.25, -0.2) is 0 Å². The number of hydrogen-bond acceptors (Lipinski definition) is 2. The third-order valence-corrected chi connectivity index (χ3v) is 4.57. The zero-order valence-corrected chi connectivity index (χ0v) is 13.4. The van der Waals surface area contributed by atoms with Crippen molar-refractivity contribution < 1.29 is 0 Å². The van der Waals surface area contributed by atoms with Crippen molar-refractivity contribution in [3.05, 3.63) is 35.4 Å². The fraction of sp³-hybridized carbons (Fsp3) is 0.667. The minimum atomic E-state index is 0.684. The van der Waals surface area contributed by atoms with Gasteiger partial charge >= 0.3 is 0 Å². The van der Waals surface area contributed by atoms with Gasteiger partial charge in [0.1, 0.15) is 0 Å². The highest BCUT2D eigenvalue weighted by Crippen LogP contribution is 2.15. The van der Waals surface area contributed by atoms with E-state index in [4.69, 9.17) is 0 Å². The Hall–Kier alpha value is -0.860. The van der Waals surface area contributed by atoms with Crippen LogP contribution in [0, 0.1) is 0 Å². The lowest BCUT2D eigenvalue weighted by molar-refractivity contribution is 0.229. The van der Waals surface area contributed by atoms with Crippen LogP contribution in [0.3, 0.4) is 0 Å². The topological polar surface area (TPSA) is 15.3 Å². The van der Waals surface area contributed by atoms with Crippen LogP contribution in [0.15, 0.2) is 24.3 Å². The van der Waals surface area contributed by atoms with E-state index in [2.05, 4.69) is 55.3 Å². The van der Waals surface area contributed by atoms with Crippen LogP contribution in [0.1, 0.15) is 51.2 Å². The van der Waals surface area contributed by atoms with E-state index >= 15 is 0 Å². The third-order valence-electron chi connectivity index (χ3n) is 4.57. The molecule has 1 aromatic carbocycles. The molecule has 1 saturated heterocycles. The van der Waals surface area contributed by atoms with E-state index in [1.54, 1.807) is 0 Å². The molecule has 20 heavy (non-hydrogen) atoms. The van der Waals surface area contributed by atoms with Crippen molar-refractivity contribution in [1.29, 1.82) is 0 Å². The number of benzene rings is 1. The second-order valence-corrected chi connectivity index (χ2v) is 6.26. The minimum Gasteiger partial charge on any atom is -0.310 e. The lowest BCUT2D eigenvalue weighted by Gasteiger charge is -2.24. The fourth-order valence-electron chi connectivity index (χ4n) is 3.17. The lowest BCUT2D eigenvalue weighted by atomic mass is 10.0. The van der Waals surface area contributed by atoms with Crippen LogP contribution in [0.2, 0.25) is 0 Å². The predicted octanol–water partition coefficient (Wildman–Crippen LogP) is 3.60. The quantitative estimate of drug-likeness (QED) is 0.882. The number of likely N-dealkylation sites (tertiary alicyclic amines) is 1. The molecule has 1 atom stereocenters. The molecule has 2 rings (SSSR count). The van der Waals surface area contributed by atoms with Crippen molar-refractivity contribution in [3.8, 4) is 0 Å². The molecule has 1 aliphatic rings. The summed E-state index contributed by atoms with van der Waals surface area (Å²) in [4.78, 5) is 2.61. The Bertz CT molecular complexity index is 400. The highest BCUT2D eigenvalue weighted by atomic mass is 15.1. The van der Waals surface area contributed by atoms with Crippen molar-refractivity contribution in [2.24, 2.45) is 0 Å². The Kier molecular flexibility index (Phi) is 6.06. The molecule has 1 fully saturated rings. The molecule has 0 amide bonds. The van der Waals surface area contributed by atoms with Crippen molar-refractivity contribution in [1.82, 2.24) is 10.2 Å². The molecule has 0 radical (unpaired) electrons. The molecule has 1 aromatic rings. The average molecular weight is 274 g/mol. The first-order valence-corrected chi connectivity index (χ1v) is 8.25. The Labute approximate surface area is 124 Å². The maximum atomic E-state index is 3.79. The van der Waals surface area contributed by atoms with Gasteiger partial charge in [-0.1, -0.05) is 31.2 Å². The zero-order chi connectivity index (χ0) is 14.4. The Morgan fingerprint density at radius 3 is 2.60 bits per heavy atom. The van der Waals surface area contributed by atoms with Crippen molar-refractivity contribution >= 4 is 0 Å². The molecule has 0 saturated carbocycles. The summed E-state index contributed by atoms with van der Waals surface area (Å²) in [6, 6.07) is 10.2. The van der Waals surface area contributed by atoms with Crippen LogP contribution < -0.4 is 5.32 Å². The molecule has 1 heterocycles. The highest BCUT2D eigenvalue weighted by Gasteiger charge is 2.18. The van der Waals surface area contributed by atoms with E-state index in [0.29, 0.717) is 12.1 Å². The fourth-order valence-corrected chi connectivity index (χ4v) is 3.17. The molecule has 2 nitrogen and oxygen atoms in total. The Balaban J connectivity index is 1.85. The van der Waals surface area contributed by atoms with E-state index in [1.165, 1.54) is 43.5 Å². The van der Waals surface area contributed by atoms with Crippen LogP contribution in [0.4, 0.5) is 0 Å². The summed E-state index contributed by atoms with van der Waals surface area (Å²) in [7, 11) is 0. The first-order valence-electron chi connectivity index (χ1n) is 8.25. The van der Waals surface area contributed by atoms with Crippen molar-refractivity contribution in [2.75, 3.05) is 13.1 Å². The largest absolute Gasteiger partial charge is 0.310 e. The minimum absolute atomic E-state index is 0.684. The van der Waals surface area contributed by atoms with Gasteiger partial charge in [0.15, 0.2) is 0 Å². The summed E-state index contributed by atoms with van der Waals surface area (Å²) in [6.45, 7) is 10.4. The van der Waals surface area contributed by atoms with E-state index in [9.17, 15) is 0 Å². The van der Waals surface area contributed by atoms with Crippen LogP contribution in [0.5, 0.6) is 0 Å². The number of nitrogens with zero attached hydrogens (tertiary/aromatic N) is 1. The smallest absolute Gasteiger partial charge is 0.0210 e. The van der Waals surface area contributed by atoms with Crippen molar-refractivity contribution in [2.45, 2.75) is 65.1 Å². The SMILES string of the molecule is CCc1ccccc1CNC1CCCN(C(C)C)CC1. The first-order chi connectivity index (χ1) is 9.70. The van der Waals surface area contributed by atoms with Crippen molar-refractivity contribution in [3.63, 3.8) is 0 Å². The van der Waals surface area contributed by atoms with E-state index in [0.717, 1.165) is 13.0 Å². The predicted molar refractivity (Wildman–Crippen MR) is 87.0 cm³/mol. The van der Waals surface area contributed by atoms with Gasteiger partial charge in [-0.05, 0) is 63.7 Å². The normalized spacial score (nSPS) is 21.1. The van der Waals surface area contributed by atoms with E-state index in [-0.39, 0.29) is 0 Å². The summed E-state index contributed by atoms with van der Waals surface area (Å²) in [5.74, 6) is 0. The molecule has 112 valence electrons. The standard InChI is InChI=1S/C18H30N2/c1-4-16-8-5-6-9-17(16)14-19-18-10-7-12-20(13-11-18)15(2)3/h5-6,8-9,15,18-19H,4,7,10-14H2,1-3H3. The summed E-state index contributed by atoms with van der Waals surface area (Å²) >= 11 is 0. The molecule has 0 aromatic heterocycles. The highest BCUT2D eigenvalue weighted by molar-refractivity contribution is 5.26. The summed E-state index contributed by atoms with van der Waals surface area (Å²) in [5, 5.41) is 3.79. The second-order valence-electron chi connectivity index (χ2n) is 6.26. The maximum Gasteiger partial charge on any atom is 0.0210 e. The monoisotopic (exact) mass is 274 g/mol. The van der Waals surface area contributed by atoms with Gasteiger partial charge in [-0.2, -0.15) is 0 Å². The average Bonchev–Trinajstić information content (AvgIpc) is 2.71. The number of hydrogen-bond donors (Lipinski definition) is 1. The molecular weight excluding hydrogens is 244 g/mol. The Morgan fingerprint density at radius 1 is 1.15 bits per heavy atom. The summed E-state index contributed by atoms with van der Waals surface area (Å²) < 4.78 is 0. The van der Waals surface area contributed by atoms with Gasteiger partial charge in [0, 0.05) is 18.6 Å². The molecule has 0 bridgehead atoms. The molecule has 2 heteroatoms. The summed E-state index contributed by atoms with van der Waals surface area (Å²) in [5.41, 5.74) is 2.96.